The fourth-order valence-corrected chi connectivity index (χ4v) is 2.40. The van der Waals surface area contributed by atoms with E-state index in [4.69, 9.17) is 0 Å². The van der Waals surface area contributed by atoms with Crippen molar-refractivity contribution < 1.29 is 4.79 Å². The third-order valence-corrected chi connectivity index (χ3v) is 3.52. The largest absolute Gasteiger partial charge is 0.352 e. The Balaban J connectivity index is 1.57. The van der Waals surface area contributed by atoms with Crippen LogP contribution in [0.15, 0.2) is 42.7 Å². The number of carbonyl (C=O) groups excluding carboxylic acids is 1. The van der Waals surface area contributed by atoms with Gasteiger partial charge in [-0.15, -0.1) is 0 Å². The number of carbonyl (C=O) groups is 1. The monoisotopic (exact) mass is 267 g/mol. The third-order valence-electron chi connectivity index (χ3n) is 3.52. The second-order valence-corrected chi connectivity index (χ2v) is 4.95. The Labute approximate surface area is 118 Å². The van der Waals surface area contributed by atoms with E-state index in [2.05, 4.69) is 15.6 Å². The molecular formula is C16H17N3O. The predicted molar refractivity (Wildman–Crippen MR) is 77.3 cm³/mol. The van der Waals surface area contributed by atoms with Crippen LogP contribution in [-0.4, -0.2) is 17.4 Å². The lowest BCUT2D eigenvalue weighted by Crippen LogP contribution is -2.25. The molecule has 4 heteroatoms. The molecule has 1 amide bonds. The van der Waals surface area contributed by atoms with E-state index in [1.807, 2.05) is 36.5 Å². The lowest BCUT2D eigenvalue weighted by Gasteiger charge is -2.06. The zero-order chi connectivity index (χ0) is 13.8. The number of amides is 1. The van der Waals surface area contributed by atoms with Gasteiger partial charge >= 0.3 is 0 Å². The van der Waals surface area contributed by atoms with E-state index in [1.165, 1.54) is 11.1 Å². The summed E-state index contributed by atoms with van der Waals surface area (Å²) >= 11 is 0. The molecule has 20 heavy (non-hydrogen) atoms. The van der Waals surface area contributed by atoms with Crippen LogP contribution >= 0.6 is 0 Å². The highest BCUT2D eigenvalue weighted by molar-refractivity contribution is 5.94. The molecule has 0 saturated heterocycles. The molecule has 102 valence electrons. The lowest BCUT2D eigenvalue weighted by atomic mass is 10.1. The molecule has 2 heterocycles. The van der Waals surface area contributed by atoms with Crippen LogP contribution in [0.1, 0.15) is 27.0 Å². The van der Waals surface area contributed by atoms with Gasteiger partial charge in [-0.2, -0.15) is 0 Å². The Kier molecular flexibility index (Phi) is 3.74. The number of fused-ring (bicyclic) bond motifs is 1. The van der Waals surface area contributed by atoms with E-state index in [9.17, 15) is 4.79 Å². The van der Waals surface area contributed by atoms with Gasteiger partial charge in [-0.1, -0.05) is 12.1 Å². The number of hydrogen-bond acceptors (Lipinski definition) is 3. The number of nitrogens with one attached hydrogen (secondary N) is 2. The van der Waals surface area contributed by atoms with Gasteiger partial charge in [-0.3, -0.25) is 9.78 Å². The molecule has 4 nitrogen and oxygen atoms in total. The molecule has 0 spiro atoms. The Hall–Kier alpha value is -2.20. The zero-order valence-electron chi connectivity index (χ0n) is 11.2. The average Bonchev–Trinajstić information content (AvgIpc) is 2.95. The summed E-state index contributed by atoms with van der Waals surface area (Å²) in [6, 6.07) is 9.83. The molecule has 1 aliphatic heterocycles. The molecular weight excluding hydrogens is 250 g/mol. The Bertz CT molecular complexity index is 610. The fourth-order valence-electron chi connectivity index (χ4n) is 2.40. The number of nitrogens with zero attached hydrogens (tertiary/aromatic N) is 1. The van der Waals surface area contributed by atoms with Crippen LogP contribution in [0.25, 0.3) is 0 Å². The van der Waals surface area contributed by atoms with Gasteiger partial charge < -0.3 is 10.6 Å². The molecule has 2 N–H and O–H groups in total. The van der Waals surface area contributed by atoms with E-state index in [1.54, 1.807) is 6.20 Å². The third kappa shape index (κ3) is 2.86. The van der Waals surface area contributed by atoms with Crippen LogP contribution in [0, 0.1) is 0 Å². The maximum Gasteiger partial charge on any atom is 0.251 e. The molecule has 1 aromatic heterocycles. The molecule has 1 aromatic carbocycles. The minimum atomic E-state index is -0.0106. The van der Waals surface area contributed by atoms with E-state index in [0.29, 0.717) is 6.54 Å². The first kappa shape index (κ1) is 12.8. The molecule has 1 aliphatic rings. The predicted octanol–water partition coefficient (Wildman–Crippen LogP) is 1.66. The number of rotatable bonds is 4. The van der Waals surface area contributed by atoms with Gasteiger partial charge in [0.05, 0.1) is 0 Å². The molecule has 0 atom stereocenters. The van der Waals surface area contributed by atoms with Gasteiger partial charge in [-0.05, 0) is 41.3 Å². The average molecular weight is 267 g/mol. The maximum atomic E-state index is 12.1. The highest BCUT2D eigenvalue weighted by atomic mass is 16.1. The Morgan fingerprint density at radius 1 is 1.25 bits per heavy atom. The summed E-state index contributed by atoms with van der Waals surface area (Å²) in [5.74, 6) is -0.0106. The molecule has 0 radical (unpaired) electrons. The van der Waals surface area contributed by atoms with E-state index >= 15 is 0 Å². The topological polar surface area (TPSA) is 54.0 Å². The van der Waals surface area contributed by atoms with Crippen LogP contribution in [0.5, 0.6) is 0 Å². The van der Waals surface area contributed by atoms with Gasteiger partial charge in [0.2, 0.25) is 0 Å². The number of aromatic nitrogens is 1. The first-order chi connectivity index (χ1) is 9.83. The molecule has 0 aliphatic carbocycles. The van der Waals surface area contributed by atoms with Crippen LogP contribution in [-0.2, 0) is 19.5 Å². The summed E-state index contributed by atoms with van der Waals surface area (Å²) in [6.07, 6.45) is 4.37. The molecule has 0 fully saturated rings. The molecule has 3 rings (SSSR count). The van der Waals surface area contributed by atoms with Gasteiger partial charge in [0.25, 0.3) is 5.91 Å². The maximum absolute atomic E-state index is 12.1. The van der Waals surface area contributed by atoms with Crippen molar-refractivity contribution in [3.63, 3.8) is 0 Å². The minimum absolute atomic E-state index is 0.0106. The van der Waals surface area contributed by atoms with E-state index in [0.717, 1.165) is 30.6 Å². The van der Waals surface area contributed by atoms with Crippen molar-refractivity contribution in [2.75, 3.05) is 6.54 Å². The second kappa shape index (κ2) is 5.84. The molecule has 0 bridgehead atoms. The van der Waals surface area contributed by atoms with Gasteiger partial charge in [-0.25, -0.2) is 0 Å². The first-order valence-corrected chi connectivity index (χ1v) is 6.82. The Morgan fingerprint density at radius 3 is 3.00 bits per heavy atom. The summed E-state index contributed by atoms with van der Waals surface area (Å²) < 4.78 is 0. The standard InChI is InChI=1S/C16H17N3O/c20-16(19-7-5-12-2-1-6-17-9-12)13-3-4-14-10-18-11-15(14)8-13/h1-4,6,8-9,18H,5,7,10-11H2,(H,19,20). The summed E-state index contributed by atoms with van der Waals surface area (Å²) in [4.78, 5) is 16.1. The lowest BCUT2D eigenvalue weighted by molar-refractivity contribution is 0.0954. The quantitative estimate of drug-likeness (QED) is 0.885. The fraction of sp³-hybridized carbons (Fsp3) is 0.250. The van der Waals surface area contributed by atoms with Crippen LogP contribution in [0.2, 0.25) is 0 Å². The smallest absolute Gasteiger partial charge is 0.251 e. The van der Waals surface area contributed by atoms with Crippen LogP contribution < -0.4 is 10.6 Å². The summed E-state index contributed by atoms with van der Waals surface area (Å²) in [6.45, 7) is 2.38. The van der Waals surface area contributed by atoms with Gasteiger partial charge in [0.15, 0.2) is 0 Å². The number of benzene rings is 1. The minimum Gasteiger partial charge on any atom is -0.352 e. The summed E-state index contributed by atoms with van der Waals surface area (Å²) in [7, 11) is 0. The molecule has 0 saturated carbocycles. The van der Waals surface area contributed by atoms with Crippen molar-refractivity contribution >= 4 is 5.91 Å². The normalized spacial score (nSPS) is 13.0. The van der Waals surface area contributed by atoms with Crippen molar-refractivity contribution in [3.8, 4) is 0 Å². The van der Waals surface area contributed by atoms with Crippen molar-refractivity contribution in [2.45, 2.75) is 19.5 Å². The van der Waals surface area contributed by atoms with Crippen LogP contribution in [0.3, 0.4) is 0 Å². The number of hydrogen-bond donors (Lipinski definition) is 2. The SMILES string of the molecule is O=C(NCCc1cccnc1)c1ccc2c(c1)CNC2. The summed E-state index contributed by atoms with van der Waals surface area (Å²) in [5.41, 5.74) is 4.38. The van der Waals surface area contributed by atoms with Gasteiger partial charge in [0.1, 0.15) is 0 Å². The second-order valence-electron chi connectivity index (χ2n) is 4.95. The highest BCUT2D eigenvalue weighted by Crippen LogP contribution is 2.16. The Morgan fingerprint density at radius 2 is 2.15 bits per heavy atom. The van der Waals surface area contributed by atoms with Crippen molar-refractivity contribution in [3.05, 3.63) is 65.0 Å². The zero-order valence-corrected chi connectivity index (χ0v) is 11.2. The van der Waals surface area contributed by atoms with Crippen LogP contribution in [0.4, 0.5) is 0 Å². The van der Waals surface area contributed by atoms with E-state index in [-0.39, 0.29) is 5.91 Å². The van der Waals surface area contributed by atoms with Crippen molar-refractivity contribution in [1.82, 2.24) is 15.6 Å². The van der Waals surface area contributed by atoms with Crippen molar-refractivity contribution in [2.24, 2.45) is 0 Å². The van der Waals surface area contributed by atoms with Crippen molar-refractivity contribution in [1.29, 1.82) is 0 Å². The van der Waals surface area contributed by atoms with E-state index < -0.39 is 0 Å². The molecule has 2 aromatic rings. The summed E-state index contributed by atoms with van der Waals surface area (Å²) in [5, 5.41) is 6.23. The first-order valence-electron chi connectivity index (χ1n) is 6.82. The number of pyridine rings is 1. The molecule has 0 unspecified atom stereocenters. The highest BCUT2D eigenvalue weighted by Gasteiger charge is 2.13. The van der Waals surface area contributed by atoms with Gasteiger partial charge in [0, 0.05) is 37.6 Å².